The quantitative estimate of drug-likeness (QED) is 0.539. The molecule has 2 bridgehead atoms. The Labute approximate surface area is 207 Å². The van der Waals surface area contributed by atoms with E-state index >= 15 is 0 Å². The minimum Gasteiger partial charge on any atom is -0.474 e. The first-order valence-electron chi connectivity index (χ1n) is 12.9. The number of aromatic nitrogens is 1. The summed E-state index contributed by atoms with van der Waals surface area (Å²) < 4.78 is 11.8. The molecule has 3 fully saturated rings. The van der Waals surface area contributed by atoms with Crippen molar-refractivity contribution in [1.29, 1.82) is 0 Å². The molecule has 2 heterocycles. The molecule has 184 valence electrons. The van der Waals surface area contributed by atoms with Crippen molar-refractivity contribution in [3.8, 4) is 5.88 Å². The van der Waals surface area contributed by atoms with E-state index in [2.05, 4.69) is 29.6 Å². The van der Waals surface area contributed by atoms with Crippen LogP contribution in [-0.2, 0) is 0 Å². The zero-order valence-corrected chi connectivity index (χ0v) is 21.2. The second-order valence-corrected chi connectivity index (χ2v) is 12.1. The van der Waals surface area contributed by atoms with Gasteiger partial charge in [-0.3, -0.25) is 4.79 Å². The number of hydrogen-bond donors (Lipinski definition) is 2. The fourth-order valence-corrected chi connectivity index (χ4v) is 7.40. The Bertz CT molecular complexity index is 955. The Kier molecular flexibility index (Phi) is 7.21. The summed E-state index contributed by atoms with van der Waals surface area (Å²) in [5, 5.41) is 10.9. The molecule has 34 heavy (non-hydrogen) atoms. The van der Waals surface area contributed by atoms with E-state index in [-0.39, 0.29) is 17.2 Å². The lowest BCUT2D eigenvalue weighted by Gasteiger charge is -2.47. The van der Waals surface area contributed by atoms with Gasteiger partial charge in [0.1, 0.15) is 4.90 Å². The molecule has 1 aliphatic heterocycles. The zero-order chi connectivity index (χ0) is 23.5. The van der Waals surface area contributed by atoms with Crippen molar-refractivity contribution in [2.24, 2.45) is 23.7 Å². The smallest absolute Gasteiger partial charge is 0.291 e. The summed E-state index contributed by atoms with van der Waals surface area (Å²) in [5.74, 6) is 3.20. The molecule has 6 nitrogen and oxygen atoms in total. The number of benzene rings is 1. The third-order valence-corrected chi connectivity index (χ3v) is 8.81. The van der Waals surface area contributed by atoms with E-state index in [9.17, 15) is 4.79 Å². The molecule has 2 atom stereocenters. The maximum atomic E-state index is 13.5. The lowest BCUT2D eigenvalue weighted by Crippen LogP contribution is -2.52. The fourth-order valence-electron chi connectivity index (χ4n) is 6.47. The van der Waals surface area contributed by atoms with Crippen LogP contribution in [0.1, 0.15) is 69.3 Å². The van der Waals surface area contributed by atoms with Gasteiger partial charge in [-0.1, -0.05) is 36.9 Å². The molecule has 2 N–H and O–H groups in total. The van der Waals surface area contributed by atoms with E-state index in [0.717, 1.165) is 49.6 Å². The molecule has 5 rings (SSSR count). The largest absolute Gasteiger partial charge is 0.474 e. The number of rotatable bonds is 7. The highest BCUT2D eigenvalue weighted by molar-refractivity contribution is 7.99. The van der Waals surface area contributed by atoms with Crippen molar-refractivity contribution in [2.75, 3.05) is 19.7 Å². The van der Waals surface area contributed by atoms with Crippen LogP contribution >= 0.6 is 11.8 Å². The highest BCUT2D eigenvalue weighted by atomic mass is 32.2. The maximum absolute atomic E-state index is 13.5. The number of piperidine rings is 1. The number of nitrogens with one attached hydrogen (secondary N) is 2. The molecular formula is C27H37N3O3S. The number of nitrogens with zero attached hydrogens (tertiary/aromatic N) is 1. The molecule has 2 saturated carbocycles. The van der Waals surface area contributed by atoms with Crippen LogP contribution in [0.25, 0.3) is 0 Å². The second-order valence-electron chi connectivity index (χ2n) is 11.0. The summed E-state index contributed by atoms with van der Waals surface area (Å²) in [7, 11) is 0. The van der Waals surface area contributed by atoms with Crippen molar-refractivity contribution < 1.29 is 14.1 Å². The Morgan fingerprint density at radius 3 is 2.59 bits per heavy atom. The normalized spacial score (nSPS) is 29.5. The van der Waals surface area contributed by atoms with Gasteiger partial charge >= 0.3 is 0 Å². The van der Waals surface area contributed by atoms with Gasteiger partial charge in [0.15, 0.2) is 0 Å². The summed E-state index contributed by atoms with van der Waals surface area (Å²) in [6.45, 7) is 7.20. The Morgan fingerprint density at radius 1 is 1.18 bits per heavy atom. The molecule has 7 heteroatoms. The number of amides is 1. The second kappa shape index (κ2) is 10.3. The average molecular weight is 484 g/mol. The Morgan fingerprint density at radius 2 is 1.88 bits per heavy atom. The van der Waals surface area contributed by atoms with E-state index in [4.69, 9.17) is 9.26 Å². The molecule has 2 aromatic rings. The molecule has 1 saturated heterocycles. The summed E-state index contributed by atoms with van der Waals surface area (Å²) in [6, 6.07) is 10.0. The molecule has 1 aromatic heterocycles. The van der Waals surface area contributed by atoms with Gasteiger partial charge in [0.2, 0.25) is 5.76 Å². The van der Waals surface area contributed by atoms with Crippen molar-refractivity contribution in [3.05, 3.63) is 36.1 Å². The molecule has 3 aliphatic rings. The number of ether oxygens (including phenoxy) is 1. The van der Waals surface area contributed by atoms with Gasteiger partial charge in [-0.2, -0.15) is 0 Å². The van der Waals surface area contributed by atoms with Crippen LogP contribution in [0.5, 0.6) is 5.88 Å². The van der Waals surface area contributed by atoms with Gasteiger partial charge < -0.3 is 19.9 Å². The van der Waals surface area contributed by atoms with Gasteiger partial charge in [-0.05, 0) is 106 Å². The highest BCUT2D eigenvalue weighted by Crippen LogP contribution is 2.46. The van der Waals surface area contributed by atoms with Gasteiger partial charge in [0.05, 0.1) is 6.61 Å². The first-order chi connectivity index (χ1) is 16.5. The van der Waals surface area contributed by atoms with E-state index < -0.39 is 0 Å². The van der Waals surface area contributed by atoms with Gasteiger partial charge in [-0.15, -0.1) is 0 Å². The predicted octanol–water partition coefficient (Wildman–Crippen LogP) is 5.54. The molecule has 2 aliphatic carbocycles. The van der Waals surface area contributed by atoms with Gasteiger partial charge in [0, 0.05) is 10.4 Å². The minimum absolute atomic E-state index is 0.182. The monoisotopic (exact) mass is 483 g/mol. The Hall–Kier alpha value is -1.99. The highest BCUT2D eigenvalue weighted by Gasteiger charge is 2.42. The van der Waals surface area contributed by atoms with Crippen LogP contribution in [0.4, 0.5) is 0 Å². The zero-order valence-electron chi connectivity index (χ0n) is 20.3. The van der Waals surface area contributed by atoms with E-state index in [1.165, 1.54) is 31.0 Å². The third-order valence-electron chi connectivity index (χ3n) is 7.74. The minimum atomic E-state index is -0.206. The Balaban J connectivity index is 1.33. The average Bonchev–Trinajstić information content (AvgIpc) is 3.20. The van der Waals surface area contributed by atoms with E-state index in [1.54, 1.807) is 0 Å². The molecule has 1 amide bonds. The number of carbonyl (C=O) groups is 1. The molecular weight excluding hydrogens is 446 g/mol. The van der Waals surface area contributed by atoms with Gasteiger partial charge in [0.25, 0.3) is 11.8 Å². The van der Waals surface area contributed by atoms with Crippen LogP contribution in [0.2, 0.25) is 0 Å². The third kappa shape index (κ3) is 5.62. The SMILES string of the molecule is CC1CC2CC(C1)CC(C)(NC(=O)c1onc(OCC3CCNCC3)c1Sc1ccccc1)C2. The lowest BCUT2D eigenvalue weighted by molar-refractivity contribution is 0.0591. The van der Waals surface area contributed by atoms with Crippen LogP contribution in [-0.4, -0.2) is 36.3 Å². The number of carbonyl (C=O) groups excluding carboxylic acids is 1. The number of fused-ring (bicyclic) bond motifs is 2. The van der Waals surface area contributed by atoms with Crippen LogP contribution in [0.3, 0.4) is 0 Å². The summed E-state index contributed by atoms with van der Waals surface area (Å²) in [5.41, 5.74) is -0.206. The van der Waals surface area contributed by atoms with Crippen LogP contribution in [0, 0.1) is 23.7 Å². The summed E-state index contributed by atoms with van der Waals surface area (Å²) in [6.07, 6.45) is 8.10. The standard InChI is InChI=1S/C27H37N3O3S/c1-18-12-20-14-21(13-18)16-27(2,15-20)29-25(31)23-24(34-22-6-4-3-5-7-22)26(30-33-23)32-17-19-8-10-28-11-9-19/h3-7,18-21,28H,8-17H2,1-2H3,(H,29,31). The van der Waals surface area contributed by atoms with Crippen molar-refractivity contribution in [2.45, 2.75) is 74.1 Å². The topological polar surface area (TPSA) is 76.4 Å². The fraction of sp³-hybridized carbons (Fsp3) is 0.630. The van der Waals surface area contributed by atoms with Crippen molar-refractivity contribution in [1.82, 2.24) is 15.8 Å². The first kappa shape index (κ1) is 23.7. The van der Waals surface area contributed by atoms with E-state index in [1.807, 2.05) is 30.3 Å². The molecule has 0 spiro atoms. The molecule has 1 aromatic carbocycles. The van der Waals surface area contributed by atoms with Crippen LogP contribution < -0.4 is 15.4 Å². The number of hydrogen-bond acceptors (Lipinski definition) is 6. The van der Waals surface area contributed by atoms with Crippen LogP contribution in [0.15, 0.2) is 44.6 Å². The maximum Gasteiger partial charge on any atom is 0.291 e. The summed E-state index contributed by atoms with van der Waals surface area (Å²) in [4.78, 5) is 15.2. The lowest BCUT2D eigenvalue weighted by atomic mass is 9.62. The predicted molar refractivity (Wildman–Crippen MR) is 133 cm³/mol. The molecule has 2 unspecified atom stereocenters. The van der Waals surface area contributed by atoms with Crippen molar-refractivity contribution >= 4 is 17.7 Å². The van der Waals surface area contributed by atoms with Crippen molar-refractivity contribution in [3.63, 3.8) is 0 Å². The van der Waals surface area contributed by atoms with E-state index in [0.29, 0.717) is 35.1 Å². The summed E-state index contributed by atoms with van der Waals surface area (Å²) >= 11 is 1.49. The molecule has 0 radical (unpaired) electrons. The van der Waals surface area contributed by atoms with Gasteiger partial charge in [-0.25, -0.2) is 0 Å². The first-order valence-corrected chi connectivity index (χ1v) is 13.7.